The minimum absolute atomic E-state index is 0.0107. The largest absolute Gasteiger partial charge is 0.326 e. The fraction of sp³-hybridized carbons (Fsp3) is 0.533. The SMILES string of the molecule is Cc1cc(NC(=O)CCC2CCCNC2)ccc1F. The summed E-state index contributed by atoms with van der Waals surface area (Å²) < 4.78 is 13.1. The number of nitrogens with one attached hydrogen (secondary N) is 2. The predicted octanol–water partition coefficient (Wildman–Crippen LogP) is 2.85. The first-order chi connectivity index (χ1) is 9.15. The molecule has 1 saturated heterocycles. The van der Waals surface area contributed by atoms with Crippen LogP contribution in [0.5, 0.6) is 0 Å². The minimum Gasteiger partial charge on any atom is -0.326 e. The second-order valence-electron chi connectivity index (χ2n) is 5.26. The Balaban J connectivity index is 1.78. The Labute approximate surface area is 113 Å². The molecule has 0 aliphatic carbocycles. The van der Waals surface area contributed by atoms with Gasteiger partial charge in [0.1, 0.15) is 5.82 Å². The summed E-state index contributed by atoms with van der Waals surface area (Å²) in [5.41, 5.74) is 1.22. The summed E-state index contributed by atoms with van der Waals surface area (Å²) in [5, 5.41) is 6.17. The molecule has 4 heteroatoms. The summed E-state index contributed by atoms with van der Waals surface area (Å²) in [7, 11) is 0. The standard InChI is InChI=1S/C15H21FN2O/c1-11-9-13(5-6-14(11)16)18-15(19)7-4-12-3-2-8-17-10-12/h5-6,9,12,17H,2-4,7-8,10H2,1H3,(H,18,19). The van der Waals surface area contributed by atoms with Gasteiger partial charge in [0.15, 0.2) is 0 Å². The fourth-order valence-electron chi connectivity index (χ4n) is 2.45. The molecule has 104 valence electrons. The molecule has 1 heterocycles. The van der Waals surface area contributed by atoms with Gasteiger partial charge in [0.2, 0.25) is 5.91 Å². The summed E-state index contributed by atoms with van der Waals surface area (Å²) in [4.78, 5) is 11.8. The second-order valence-corrected chi connectivity index (χ2v) is 5.26. The van der Waals surface area contributed by atoms with Crippen molar-refractivity contribution in [3.05, 3.63) is 29.6 Å². The van der Waals surface area contributed by atoms with Gasteiger partial charge >= 0.3 is 0 Å². The van der Waals surface area contributed by atoms with Crippen molar-refractivity contribution in [2.45, 2.75) is 32.6 Å². The maximum Gasteiger partial charge on any atom is 0.224 e. The Morgan fingerprint density at radius 3 is 3.05 bits per heavy atom. The van der Waals surface area contributed by atoms with Gasteiger partial charge < -0.3 is 10.6 Å². The van der Waals surface area contributed by atoms with E-state index in [1.165, 1.54) is 18.9 Å². The maximum atomic E-state index is 13.1. The van der Waals surface area contributed by atoms with Crippen molar-refractivity contribution in [3.8, 4) is 0 Å². The van der Waals surface area contributed by atoms with Crippen LogP contribution in [-0.2, 0) is 4.79 Å². The highest BCUT2D eigenvalue weighted by atomic mass is 19.1. The molecule has 1 fully saturated rings. The van der Waals surface area contributed by atoms with E-state index in [1.807, 2.05) is 0 Å². The molecule has 1 aromatic rings. The zero-order chi connectivity index (χ0) is 13.7. The summed E-state index contributed by atoms with van der Waals surface area (Å²) in [5.74, 6) is 0.373. The van der Waals surface area contributed by atoms with E-state index in [2.05, 4.69) is 10.6 Å². The van der Waals surface area contributed by atoms with Gasteiger partial charge in [-0.25, -0.2) is 4.39 Å². The normalized spacial score (nSPS) is 19.2. The van der Waals surface area contributed by atoms with Gasteiger partial charge in [-0.3, -0.25) is 4.79 Å². The van der Waals surface area contributed by atoms with E-state index in [0.29, 0.717) is 23.6 Å². The van der Waals surface area contributed by atoms with Crippen molar-refractivity contribution in [2.24, 2.45) is 5.92 Å². The predicted molar refractivity (Wildman–Crippen MR) is 74.6 cm³/mol. The molecule has 19 heavy (non-hydrogen) atoms. The molecule has 1 aliphatic heterocycles. The molecule has 0 spiro atoms. The molecule has 0 aromatic heterocycles. The Bertz CT molecular complexity index is 442. The monoisotopic (exact) mass is 264 g/mol. The number of hydrogen-bond donors (Lipinski definition) is 2. The highest BCUT2D eigenvalue weighted by molar-refractivity contribution is 5.90. The number of carbonyl (C=O) groups is 1. The molecule has 0 bridgehead atoms. The number of halogens is 1. The van der Waals surface area contributed by atoms with Gasteiger partial charge in [-0.2, -0.15) is 0 Å². The molecule has 2 rings (SSSR count). The number of amides is 1. The number of benzene rings is 1. The second kappa shape index (κ2) is 6.66. The van der Waals surface area contributed by atoms with Crippen LogP contribution in [0.1, 0.15) is 31.2 Å². The first-order valence-corrected chi connectivity index (χ1v) is 6.92. The average Bonchev–Trinajstić information content (AvgIpc) is 2.42. The van der Waals surface area contributed by atoms with Crippen LogP contribution in [0.15, 0.2) is 18.2 Å². The number of aryl methyl sites for hydroxylation is 1. The van der Waals surface area contributed by atoms with Crippen LogP contribution in [-0.4, -0.2) is 19.0 Å². The molecule has 1 aromatic carbocycles. The molecule has 1 aliphatic rings. The van der Waals surface area contributed by atoms with Crippen LogP contribution in [0.4, 0.5) is 10.1 Å². The molecule has 0 radical (unpaired) electrons. The lowest BCUT2D eigenvalue weighted by Gasteiger charge is -2.22. The third-order valence-corrected chi connectivity index (χ3v) is 3.62. The van der Waals surface area contributed by atoms with Crippen LogP contribution in [0.2, 0.25) is 0 Å². The number of piperidine rings is 1. The van der Waals surface area contributed by atoms with Crippen molar-refractivity contribution in [1.82, 2.24) is 5.32 Å². The summed E-state index contributed by atoms with van der Waals surface area (Å²) in [6, 6.07) is 4.65. The first-order valence-electron chi connectivity index (χ1n) is 6.92. The van der Waals surface area contributed by atoms with Gasteiger partial charge in [-0.1, -0.05) is 0 Å². The zero-order valence-electron chi connectivity index (χ0n) is 11.3. The van der Waals surface area contributed by atoms with Crippen molar-refractivity contribution in [2.75, 3.05) is 18.4 Å². The van der Waals surface area contributed by atoms with E-state index in [1.54, 1.807) is 19.1 Å². The molecular weight excluding hydrogens is 243 g/mol. The van der Waals surface area contributed by atoms with E-state index < -0.39 is 0 Å². The van der Waals surface area contributed by atoms with Gasteiger partial charge in [-0.15, -0.1) is 0 Å². The Hall–Kier alpha value is -1.42. The minimum atomic E-state index is -0.244. The van der Waals surface area contributed by atoms with Gasteiger partial charge in [-0.05, 0) is 69.0 Å². The number of carbonyl (C=O) groups excluding carboxylic acids is 1. The molecule has 2 N–H and O–H groups in total. The Morgan fingerprint density at radius 2 is 2.37 bits per heavy atom. The van der Waals surface area contributed by atoms with Crippen LogP contribution in [0.3, 0.4) is 0 Å². The maximum absolute atomic E-state index is 13.1. The van der Waals surface area contributed by atoms with E-state index in [4.69, 9.17) is 0 Å². The van der Waals surface area contributed by atoms with E-state index in [9.17, 15) is 9.18 Å². The lowest BCUT2D eigenvalue weighted by molar-refractivity contribution is -0.116. The van der Waals surface area contributed by atoms with Crippen LogP contribution in [0.25, 0.3) is 0 Å². The lowest BCUT2D eigenvalue weighted by Crippen LogP contribution is -2.30. The summed E-state index contributed by atoms with van der Waals surface area (Å²) in [6.45, 7) is 3.80. The van der Waals surface area contributed by atoms with Crippen molar-refractivity contribution >= 4 is 11.6 Å². The Kier molecular flexibility index (Phi) is 4.91. The van der Waals surface area contributed by atoms with E-state index in [0.717, 1.165) is 19.5 Å². The molecule has 1 unspecified atom stereocenters. The molecule has 3 nitrogen and oxygen atoms in total. The molecular formula is C15H21FN2O. The third kappa shape index (κ3) is 4.31. The van der Waals surface area contributed by atoms with Gasteiger partial charge in [0, 0.05) is 12.1 Å². The molecule has 1 atom stereocenters. The Morgan fingerprint density at radius 1 is 1.53 bits per heavy atom. The quantitative estimate of drug-likeness (QED) is 0.878. The van der Waals surface area contributed by atoms with Gasteiger partial charge in [0.25, 0.3) is 0 Å². The average molecular weight is 264 g/mol. The molecule has 0 saturated carbocycles. The van der Waals surface area contributed by atoms with Crippen molar-refractivity contribution < 1.29 is 9.18 Å². The number of anilines is 1. The number of hydrogen-bond acceptors (Lipinski definition) is 2. The highest BCUT2D eigenvalue weighted by Crippen LogP contribution is 2.17. The summed E-state index contributed by atoms with van der Waals surface area (Å²) >= 11 is 0. The van der Waals surface area contributed by atoms with Crippen molar-refractivity contribution in [3.63, 3.8) is 0 Å². The molecule has 1 amide bonds. The van der Waals surface area contributed by atoms with E-state index >= 15 is 0 Å². The van der Waals surface area contributed by atoms with Crippen molar-refractivity contribution in [1.29, 1.82) is 0 Å². The first kappa shape index (κ1) is 14.0. The third-order valence-electron chi connectivity index (χ3n) is 3.62. The van der Waals surface area contributed by atoms with Crippen LogP contribution < -0.4 is 10.6 Å². The summed E-state index contributed by atoms with van der Waals surface area (Å²) in [6.07, 6.45) is 3.85. The fourth-order valence-corrected chi connectivity index (χ4v) is 2.45. The lowest BCUT2D eigenvalue weighted by atomic mass is 9.94. The van der Waals surface area contributed by atoms with E-state index in [-0.39, 0.29) is 11.7 Å². The number of rotatable bonds is 4. The topological polar surface area (TPSA) is 41.1 Å². The van der Waals surface area contributed by atoms with Crippen LogP contribution >= 0.6 is 0 Å². The zero-order valence-corrected chi connectivity index (χ0v) is 11.3. The van der Waals surface area contributed by atoms with Crippen LogP contribution in [0, 0.1) is 18.7 Å². The smallest absolute Gasteiger partial charge is 0.224 e. The van der Waals surface area contributed by atoms with Gasteiger partial charge in [0.05, 0.1) is 0 Å². The highest BCUT2D eigenvalue weighted by Gasteiger charge is 2.14.